The number of amides is 2. The lowest BCUT2D eigenvalue weighted by Gasteiger charge is -2.34. The highest BCUT2D eigenvalue weighted by atomic mass is 32.1. The molecular weight excluding hydrogens is 386 g/mol. The van der Waals surface area contributed by atoms with Gasteiger partial charge in [-0.25, -0.2) is 0 Å². The number of carbonyl (C=O) groups is 2. The summed E-state index contributed by atoms with van der Waals surface area (Å²) in [7, 11) is 0. The van der Waals surface area contributed by atoms with Crippen LogP contribution in [0.25, 0.3) is 0 Å². The molecule has 2 amide bonds. The highest BCUT2D eigenvalue weighted by Crippen LogP contribution is 2.25. The maximum absolute atomic E-state index is 12.8. The number of carbonyl (C=O) groups excluding carboxylic acids is 2. The molecule has 0 bridgehead atoms. The van der Waals surface area contributed by atoms with E-state index in [1.807, 2.05) is 41.8 Å². The molecule has 2 aliphatic rings. The van der Waals surface area contributed by atoms with Crippen molar-refractivity contribution in [1.29, 1.82) is 0 Å². The number of ether oxygens (including phenoxy) is 1. The summed E-state index contributed by atoms with van der Waals surface area (Å²) in [6.45, 7) is 2.97. The molecule has 3 heterocycles. The third-order valence-electron chi connectivity index (χ3n) is 5.58. The maximum atomic E-state index is 12.8. The van der Waals surface area contributed by atoms with Crippen molar-refractivity contribution >= 4 is 28.8 Å². The molecule has 154 valence electrons. The number of benzene rings is 1. The molecule has 0 aliphatic carbocycles. The first-order chi connectivity index (χ1) is 14.2. The Morgan fingerprint density at radius 2 is 1.90 bits per heavy atom. The molecule has 2 aliphatic heterocycles. The summed E-state index contributed by atoms with van der Waals surface area (Å²) in [5.74, 6) is -0.0448. The fraction of sp³-hybridized carbons (Fsp3) is 0.455. The predicted octanol–water partition coefficient (Wildman–Crippen LogP) is 3.06. The first-order valence-corrected chi connectivity index (χ1v) is 11.2. The smallest absolute Gasteiger partial charge is 0.261 e. The molecule has 2 aromatic rings. The van der Waals surface area contributed by atoms with Gasteiger partial charge in [0.05, 0.1) is 16.5 Å². The number of anilines is 1. The zero-order chi connectivity index (χ0) is 20.1. The van der Waals surface area contributed by atoms with Crippen LogP contribution in [0.1, 0.15) is 45.7 Å². The largest absolute Gasteiger partial charge is 0.376 e. The van der Waals surface area contributed by atoms with E-state index in [9.17, 15) is 9.59 Å². The number of nitrogens with one attached hydrogen (secondary N) is 2. The second-order valence-corrected chi connectivity index (χ2v) is 8.52. The molecule has 29 heavy (non-hydrogen) atoms. The number of piperidine rings is 1. The lowest BCUT2D eigenvalue weighted by atomic mass is 10.0. The Bertz CT molecular complexity index is 826. The summed E-state index contributed by atoms with van der Waals surface area (Å²) < 4.78 is 5.60. The van der Waals surface area contributed by atoms with Gasteiger partial charge in [-0.15, -0.1) is 11.3 Å². The van der Waals surface area contributed by atoms with Crippen LogP contribution in [0.4, 0.5) is 5.69 Å². The Labute approximate surface area is 175 Å². The summed E-state index contributed by atoms with van der Waals surface area (Å²) in [4.78, 5) is 28.0. The highest BCUT2D eigenvalue weighted by molar-refractivity contribution is 7.12. The van der Waals surface area contributed by atoms with Gasteiger partial charge < -0.3 is 20.3 Å². The van der Waals surface area contributed by atoms with E-state index < -0.39 is 0 Å². The van der Waals surface area contributed by atoms with Crippen LogP contribution in [0, 0.1) is 0 Å². The normalized spacial score (nSPS) is 19.9. The molecule has 2 N–H and O–H groups in total. The van der Waals surface area contributed by atoms with Crippen LogP contribution in [-0.2, 0) is 4.74 Å². The van der Waals surface area contributed by atoms with Gasteiger partial charge in [0, 0.05) is 38.0 Å². The number of nitrogens with zero attached hydrogens (tertiary/aromatic N) is 1. The van der Waals surface area contributed by atoms with E-state index in [4.69, 9.17) is 4.74 Å². The second-order valence-electron chi connectivity index (χ2n) is 7.57. The molecule has 1 aromatic carbocycles. The fourth-order valence-corrected chi connectivity index (χ4v) is 4.60. The monoisotopic (exact) mass is 413 g/mol. The first kappa shape index (κ1) is 19.9. The molecule has 0 spiro atoms. The van der Waals surface area contributed by atoms with Crippen molar-refractivity contribution in [3.05, 3.63) is 52.2 Å². The van der Waals surface area contributed by atoms with Crippen LogP contribution < -0.4 is 15.5 Å². The molecule has 0 radical (unpaired) electrons. The molecule has 7 heteroatoms. The van der Waals surface area contributed by atoms with E-state index in [2.05, 4.69) is 15.5 Å². The second kappa shape index (κ2) is 9.41. The lowest BCUT2D eigenvalue weighted by molar-refractivity contribution is 0.0858. The van der Waals surface area contributed by atoms with E-state index in [-0.39, 0.29) is 24.0 Å². The average Bonchev–Trinajstić information content (AvgIpc) is 3.47. The summed E-state index contributed by atoms with van der Waals surface area (Å²) in [5, 5.41) is 8.07. The minimum atomic E-state index is -0.0516. The third kappa shape index (κ3) is 4.97. The van der Waals surface area contributed by atoms with E-state index >= 15 is 0 Å². The van der Waals surface area contributed by atoms with Crippen molar-refractivity contribution in [2.45, 2.75) is 37.8 Å². The molecular formula is C22H27N3O3S. The zero-order valence-corrected chi connectivity index (χ0v) is 17.2. The van der Waals surface area contributed by atoms with Gasteiger partial charge in [0.15, 0.2) is 0 Å². The van der Waals surface area contributed by atoms with Crippen LogP contribution in [0.15, 0.2) is 41.8 Å². The Balaban J connectivity index is 1.33. The van der Waals surface area contributed by atoms with E-state index in [1.54, 1.807) is 0 Å². The number of thiophene rings is 1. The molecule has 1 aromatic heterocycles. The standard InChI is InChI=1S/C22H27N3O3S/c26-21(23-15-17-5-3-13-28-17)18-6-1-2-7-19(18)25-11-9-16(10-12-25)24-22(27)20-8-4-14-29-20/h1-2,4,6-8,14,16-17H,3,5,9-13,15H2,(H,23,26)(H,24,27)/t17-/m0/s1. The van der Waals surface area contributed by atoms with Crippen LogP contribution >= 0.6 is 11.3 Å². The predicted molar refractivity (Wildman–Crippen MR) is 115 cm³/mol. The summed E-state index contributed by atoms with van der Waals surface area (Å²) in [6.07, 6.45) is 3.93. The molecule has 0 unspecified atom stereocenters. The van der Waals surface area contributed by atoms with Crippen molar-refractivity contribution in [2.75, 3.05) is 31.1 Å². The van der Waals surface area contributed by atoms with Crippen molar-refractivity contribution in [3.63, 3.8) is 0 Å². The van der Waals surface area contributed by atoms with Crippen LogP contribution in [0.5, 0.6) is 0 Å². The number of rotatable bonds is 6. The third-order valence-corrected chi connectivity index (χ3v) is 6.45. The molecule has 0 saturated carbocycles. The molecule has 6 nitrogen and oxygen atoms in total. The van der Waals surface area contributed by atoms with Gasteiger partial charge in [-0.1, -0.05) is 18.2 Å². The van der Waals surface area contributed by atoms with Crippen LogP contribution in [0.3, 0.4) is 0 Å². The van der Waals surface area contributed by atoms with Gasteiger partial charge in [0.1, 0.15) is 0 Å². The van der Waals surface area contributed by atoms with Crippen molar-refractivity contribution in [2.24, 2.45) is 0 Å². The Kier molecular flexibility index (Phi) is 6.46. The maximum Gasteiger partial charge on any atom is 0.261 e. The van der Waals surface area contributed by atoms with E-state index in [0.29, 0.717) is 12.1 Å². The topological polar surface area (TPSA) is 70.7 Å². The van der Waals surface area contributed by atoms with Crippen LogP contribution in [0.2, 0.25) is 0 Å². The van der Waals surface area contributed by atoms with Crippen molar-refractivity contribution in [3.8, 4) is 0 Å². The zero-order valence-electron chi connectivity index (χ0n) is 16.4. The van der Waals surface area contributed by atoms with Gasteiger partial charge in [0.25, 0.3) is 11.8 Å². The Hall–Kier alpha value is -2.38. The van der Waals surface area contributed by atoms with Gasteiger partial charge in [-0.3, -0.25) is 9.59 Å². The van der Waals surface area contributed by atoms with Gasteiger partial charge in [0.2, 0.25) is 0 Å². The molecule has 2 saturated heterocycles. The lowest BCUT2D eigenvalue weighted by Crippen LogP contribution is -2.45. The SMILES string of the molecule is O=C(NC1CCN(c2ccccc2C(=O)NC[C@@H]2CCCO2)CC1)c1cccs1. The van der Waals surface area contributed by atoms with E-state index in [0.717, 1.165) is 55.9 Å². The van der Waals surface area contributed by atoms with Gasteiger partial charge in [-0.2, -0.15) is 0 Å². The fourth-order valence-electron chi connectivity index (χ4n) is 3.98. The Morgan fingerprint density at radius 1 is 1.07 bits per heavy atom. The highest BCUT2D eigenvalue weighted by Gasteiger charge is 2.25. The minimum absolute atomic E-state index is 0.00681. The molecule has 4 rings (SSSR count). The Morgan fingerprint density at radius 3 is 2.62 bits per heavy atom. The van der Waals surface area contributed by atoms with Crippen LogP contribution in [-0.4, -0.2) is 50.2 Å². The summed E-state index contributed by atoms with van der Waals surface area (Å²) >= 11 is 1.46. The van der Waals surface area contributed by atoms with Gasteiger partial charge >= 0.3 is 0 Å². The van der Waals surface area contributed by atoms with Crippen molar-refractivity contribution < 1.29 is 14.3 Å². The van der Waals surface area contributed by atoms with Gasteiger partial charge in [-0.05, 0) is 49.3 Å². The number of hydrogen-bond acceptors (Lipinski definition) is 5. The number of para-hydroxylation sites is 1. The molecule has 1 atom stereocenters. The van der Waals surface area contributed by atoms with E-state index in [1.165, 1.54) is 11.3 Å². The minimum Gasteiger partial charge on any atom is -0.376 e. The molecule has 2 fully saturated rings. The average molecular weight is 414 g/mol. The summed E-state index contributed by atoms with van der Waals surface area (Å²) in [6, 6.07) is 11.7. The first-order valence-electron chi connectivity index (χ1n) is 10.3. The summed E-state index contributed by atoms with van der Waals surface area (Å²) in [5.41, 5.74) is 1.66. The van der Waals surface area contributed by atoms with Crippen molar-refractivity contribution in [1.82, 2.24) is 10.6 Å². The number of hydrogen-bond donors (Lipinski definition) is 2. The quantitative estimate of drug-likeness (QED) is 0.764.